The van der Waals surface area contributed by atoms with Gasteiger partial charge in [0.2, 0.25) is 0 Å². The molecule has 0 saturated carbocycles. The molecular weight excluding hydrogens is 404 g/mol. The van der Waals surface area contributed by atoms with Gasteiger partial charge in [0.1, 0.15) is 17.9 Å². The second-order valence-corrected chi connectivity index (χ2v) is 7.82. The molecule has 1 aromatic heterocycles. The maximum Gasteiger partial charge on any atom is 0.337 e. The number of rotatable bonds is 2. The molecule has 30 heavy (non-hydrogen) atoms. The Morgan fingerprint density at radius 1 is 1.13 bits per heavy atom. The number of carbonyl (C=O) groups excluding carboxylic acids is 2. The van der Waals surface area contributed by atoms with Crippen LogP contribution in [0.2, 0.25) is 0 Å². The minimum absolute atomic E-state index is 0.239. The zero-order valence-electron chi connectivity index (χ0n) is 15.9. The maximum absolute atomic E-state index is 13.1. The zero-order valence-corrected chi connectivity index (χ0v) is 16.7. The van der Waals surface area contributed by atoms with E-state index in [2.05, 4.69) is 10.3 Å². The number of methoxy groups -OCH3 is 1. The van der Waals surface area contributed by atoms with E-state index >= 15 is 0 Å². The summed E-state index contributed by atoms with van der Waals surface area (Å²) in [5.41, 5.74) is 2.87. The number of hydrogen-bond donors (Lipinski definition) is 1. The highest BCUT2D eigenvalue weighted by Gasteiger charge is 2.27. The van der Waals surface area contributed by atoms with Crippen LogP contribution in [0.5, 0.6) is 0 Å². The van der Waals surface area contributed by atoms with Crippen molar-refractivity contribution in [3.05, 3.63) is 79.3 Å². The highest BCUT2D eigenvalue weighted by Crippen LogP contribution is 2.29. The number of fused-ring (bicyclic) bond motifs is 2. The lowest BCUT2D eigenvalue weighted by atomic mass is 10.1. The summed E-state index contributed by atoms with van der Waals surface area (Å²) in [4.78, 5) is 44.3. The van der Waals surface area contributed by atoms with Crippen molar-refractivity contribution in [3.63, 3.8) is 0 Å². The number of hydrogen-bond acceptors (Lipinski definition) is 7. The second kappa shape index (κ2) is 6.96. The van der Waals surface area contributed by atoms with Gasteiger partial charge in [-0.3, -0.25) is 14.2 Å². The second-order valence-electron chi connectivity index (χ2n) is 6.84. The van der Waals surface area contributed by atoms with Crippen LogP contribution in [0.3, 0.4) is 0 Å². The lowest BCUT2D eigenvalue weighted by Crippen LogP contribution is -2.43. The number of amides is 1. The molecule has 150 valence electrons. The Morgan fingerprint density at radius 3 is 2.67 bits per heavy atom. The van der Waals surface area contributed by atoms with Crippen LogP contribution in [0.15, 0.2) is 58.3 Å². The normalized spacial score (nSPS) is 16.4. The van der Waals surface area contributed by atoms with E-state index < -0.39 is 5.97 Å². The Balaban J connectivity index is 1.54. The van der Waals surface area contributed by atoms with E-state index in [1.165, 1.54) is 18.4 Å². The van der Waals surface area contributed by atoms with Gasteiger partial charge < -0.3 is 15.0 Å². The Labute approximate surface area is 174 Å². The van der Waals surface area contributed by atoms with Gasteiger partial charge >= 0.3 is 5.97 Å². The van der Waals surface area contributed by atoms with Crippen molar-refractivity contribution >= 4 is 40.2 Å². The molecule has 0 unspecified atom stereocenters. The van der Waals surface area contributed by atoms with Crippen LogP contribution in [0.1, 0.15) is 15.9 Å². The molecular formula is C21H16N4O4S. The Hall–Kier alpha value is -3.72. The molecule has 3 heterocycles. The summed E-state index contributed by atoms with van der Waals surface area (Å²) >= 11 is 1.23. The molecule has 9 heteroatoms. The van der Waals surface area contributed by atoms with Gasteiger partial charge in [-0.25, -0.2) is 9.79 Å². The first-order valence-electron chi connectivity index (χ1n) is 9.19. The van der Waals surface area contributed by atoms with Crippen molar-refractivity contribution < 1.29 is 14.3 Å². The molecule has 0 saturated heterocycles. The van der Waals surface area contributed by atoms with Crippen LogP contribution in [0.25, 0.3) is 5.57 Å². The average Bonchev–Trinajstić information content (AvgIpc) is 3.28. The fourth-order valence-electron chi connectivity index (χ4n) is 3.59. The van der Waals surface area contributed by atoms with E-state index in [-0.39, 0.29) is 11.5 Å². The third-order valence-electron chi connectivity index (χ3n) is 5.10. The summed E-state index contributed by atoms with van der Waals surface area (Å²) in [6, 6.07) is 14.3. The monoisotopic (exact) mass is 420 g/mol. The first-order chi connectivity index (χ1) is 14.6. The van der Waals surface area contributed by atoms with Gasteiger partial charge in [-0.15, -0.1) is 0 Å². The molecule has 0 bridgehead atoms. The van der Waals surface area contributed by atoms with E-state index in [1.807, 2.05) is 29.2 Å². The van der Waals surface area contributed by atoms with Gasteiger partial charge in [-0.05, 0) is 30.3 Å². The molecule has 5 rings (SSSR count). The van der Waals surface area contributed by atoms with Crippen LogP contribution >= 0.6 is 11.3 Å². The van der Waals surface area contributed by atoms with Crippen LogP contribution in [0.4, 0.5) is 11.4 Å². The van der Waals surface area contributed by atoms with E-state index in [0.717, 1.165) is 11.3 Å². The third kappa shape index (κ3) is 2.82. The number of benzene rings is 2. The van der Waals surface area contributed by atoms with Crippen molar-refractivity contribution in [3.8, 4) is 0 Å². The summed E-state index contributed by atoms with van der Waals surface area (Å²) in [6.07, 6.45) is 0. The number of aromatic nitrogens is 1. The molecule has 2 aromatic carbocycles. The molecule has 0 fully saturated rings. The number of esters is 1. The molecule has 0 aliphatic carbocycles. The van der Waals surface area contributed by atoms with E-state index in [9.17, 15) is 14.4 Å². The van der Waals surface area contributed by atoms with Crippen molar-refractivity contribution in [2.75, 3.05) is 24.0 Å². The summed E-state index contributed by atoms with van der Waals surface area (Å²) in [7, 11) is 1.34. The standard InChI is InChI=1S/C21H16N4O4S/c1-29-20(28)12-6-8-13(9-7-12)24-10-22-21-25(11-24)19(27)17(30-21)16-14-4-2-3-5-15(14)23-18(16)26/h2-9H,10-11H2,1H3,(H,23,26). The van der Waals surface area contributed by atoms with Crippen LogP contribution in [-0.2, 0) is 16.2 Å². The first kappa shape index (κ1) is 18.3. The minimum atomic E-state index is -0.405. The maximum atomic E-state index is 13.1. The fourth-order valence-corrected chi connectivity index (χ4v) is 4.65. The average molecular weight is 420 g/mol. The smallest absolute Gasteiger partial charge is 0.337 e. The number of nitrogens with one attached hydrogen (secondary N) is 1. The largest absolute Gasteiger partial charge is 0.465 e. The summed E-state index contributed by atoms with van der Waals surface area (Å²) in [5, 5.41) is 2.81. The lowest BCUT2D eigenvalue weighted by Gasteiger charge is -2.25. The van der Waals surface area contributed by atoms with E-state index in [4.69, 9.17) is 4.74 Å². The third-order valence-corrected chi connectivity index (χ3v) is 6.22. The van der Waals surface area contributed by atoms with Gasteiger partial charge in [-0.1, -0.05) is 29.5 Å². The number of thiazole rings is 1. The summed E-state index contributed by atoms with van der Waals surface area (Å²) in [5.74, 6) is -0.680. The predicted molar refractivity (Wildman–Crippen MR) is 112 cm³/mol. The topological polar surface area (TPSA) is 93.0 Å². The van der Waals surface area contributed by atoms with Crippen LogP contribution in [0, 0.1) is 0 Å². The molecule has 2 aliphatic rings. The number of nitrogens with zero attached hydrogens (tertiary/aromatic N) is 3. The quantitative estimate of drug-likeness (QED) is 0.622. The van der Waals surface area contributed by atoms with E-state index in [0.29, 0.717) is 39.5 Å². The van der Waals surface area contributed by atoms with Gasteiger partial charge in [-0.2, -0.15) is 0 Å². The molecule has 0 radical (unpaired) electrons. The predicted octanol–water partition coefficient (Wildman–Crippen LogP) is 0.902. The highest BCUT2D eigenvalue weighted by atomic mass is 32.1. The lowest BCUT2D eigenvalue weighted by molar-refractivity contribution is -0.110. The van der Waals surface area contributed by atoms with Gasteiger partial charge in [0.25, 0.3) is 11.5 Å². The van der Waals surface area contributed by atoms with Gasteiger partial charge in [0.15, 0.2) is 4.80 Å². The van der Waals surface area contributed by atoms with Crippen LogP contribution < -0.4 is 25.1 Å². The molecule has 3 aromatic rings. The highest BCUT2D eigenvalue weighted by molar-refractivity contribution is 7.07. The Bertz CT molecular complexity index is 1370. The molecule has 1 amide bonds. The van der Waals surface area contributed by atoms with Crippen molar-refractivity contribution in [2.45, 2.75) is 6.67 Å². The van der Waals surface area contributed by atoms with Crippen molar-refractivity contribution in [1.29, 1.82) is 0 Å². The molecule has 0 atom stereocenters. The van der Waals surface area contributed by atoms with Crippen molar-refractivity contribution in [2.24, 2.45) is 4.99 Å². The van der Waals surface area contributed by atoms with Crippen LogP contribution in [-0.4, -0.2) is 30.2 Å². The molecule has 2 aliphatic heterocycles. The Kier molecular flexibility index (Phi) is 4.25. The molecule has 1 N–H and O–H groups in total. The number of carbonyl (C=O) groups is 2. The summed E-state index contributed by atoms with van der Waals surface area (Å²) < 4.78 is 6.68. The van der Waals surface area contributed by atoms with E-state index in [1.54, 1.807) is 28.8 Å². The number of anilines is 2. The number of para-hydroxylation sites is 1. The SMILES string of the molecule is COC(=O)c1ccc(N2CN=c3sc(=C4C(=O)Nc5ccccc54)c(=O)n3C2)cc1. The van der Waals surface area contributed by atoms with Gasteiger partial charge in [0, 0.05) is 16.9 Å². The Morgan fingerprint density at radius 2 is 1.90 bits per heavy atom. The number of ether oxygens (including phenoxy) is 1. The van der Waals surface area contributed by atoms with Crippen molar-refractivity contribution in [1.82, 2.24) is 4.57 Å². The molecule has 8 nitrogen and oxygen atoms in total. The minimum Gasteiger partial charge on any atom is -0.465 e. The molecule has 0 spiro atoms. The summed E-state index contributed by atoms with van der Waals surface area (Å²) in [6.45, 7) is 0.678. The fraction of sp³-hybridized carbons (Fsp3) is 0.143. The first-order valence-corrected chi connectivity index (χ1v) is 10.0. The van der Waals surface area contributed by atoms with Gasteiger partial charge in [0.05, 0.1) is 18.2 Å². The zero-order chi connectivity index (χ0) is 20.8.